The highest BCUT2D eigenvalue weighted by Crippen LogP contribution is 2.29. The highest BCUT2D eigenvalue weighted by molar-refractivity contribution is 5.40. The topological polar surface area (TPSA) is 0 Å². The molecule has 0 spiro atoms. The van der Waals surface area contributed by atoms with E-state index < -0.39 is 0 Å². The molecule has 16 heavy (non-hydrogen) atoms. The van der Waals surface area contributed by atoms with Gasteiger partial charge in [0.1, 0.15) is 0 Å². The summed E-state index contributed by atoms with van der Waals surface area (Å²) in [7, 11) is 0. The van der Waals surface area contributed by atoms with Crippen LogP contribution < -0.4 is 0 Å². The van der Waals surface area contributed by atoms with Crippen molar-refractivity contribution in [2.75, 3.05) is 0 Å². The molecule has 88 valence electrons. The summed E-state index contributed by atoms with van der Waals surface area (Å²) in [6, 6.07) is 5.03. The molecule has 0 saturated heterocycles. The van der Waals surface area contributed by atoms with Crippen LogP contribution in [-0.4, -0.2) is 0 Å². The standard InChI is InChI=1S/C14H18.C2H6/c1-2-6-12-10-14-8-4-3-7-13(14)9-11(12)5-1;1-2/h9-10H,1-8H2;1-2H3. The van der Waals surface area contributed by atoms with Crippen molar-refractivity contribution in [2.24, 2.45) is 0 Å². The molecule has 0 aromatic heterocycles. The number of hydrogen-bond donors (Lipinski definition) is 0. The fourth-order valence-corrected chi connectivity index (χ4v) is 2.98. The minimum Gasteiger partial charge on any atom is -0.0683 e. The van der Waals surface area contributed by atoms with Crippen LogP contribution in [0.5, 0.6) is 0 Å². The molecule has 0 N–H and O–H groups in total. The Bertz CT molecular complexity index is 283. The van der Waals surface area contributed by atoms with E-state index in [0.29, 0.717) is 0 Å². The summed E-state index contributed by atoms with van der Waals surface area (Å²) in [6.07, 6.45) is 11.0. The van der Waals surface area contributed by atoms with Crippen LogP contribution in [0, 0.1) is 0 Å². The van der Waals surface area contributed by atoms with Gasteiger partial charge in [0, 0.05) is 0 Å². The number of fused-ring (bicyclic) bond motifs is 2. The molecule has 2 aliphatic carbocycles. The van der Waals surface area contributed by atoms with Gasteiger partial charge >= 0.3 is 0 Å². The maximum atomic E-state index is 2.52. The van der Waals surface area contributed by atoms with E-state index in [0.717, 1.165) is 0 Å². The largest absolute Gasteiger partial charge is 0.0683 e. The van der Waals surface area contributed by atoms with E-state index in [1.807, 2.05) is 13.8 Å². The number of hydrogen-bond acceptors (Lipinski definition) is 0. The second-order valence-corrected chi connectivity index (χ2v) is 4.80. The molecular weight excluding hydrogens is 192 g/mol. The molecule has 0 atom stereocenters. The Morgan fingerprint density at radius 1 is 0.562 bits per heavy atom. The van der Waals surface area contributed by atoms with Crippen molar-refractivity contribution in [3.8, 4) is 0 Å². The number of rotatable bonds is 0. The first kappa shape index (κ1) is 11.7. The first-order chi connectivity index (χ1) is 7.93. The molecule has 1 aromatic carbocycles. The van der Waals surface area contributed by atoms with Crippen LogP contribution in [0.15, 0.2) is 12.1 Å². The highest BCUT2D eigenvalue weighted by Gasteiger charge is 2.15. The summed E-state index contributed by atoms with van der Waals surface area (Å²) in [5.74, 6) is 0. The van der Waals surface area contributed by atoms with Gasteiger partial charge in [0.2, 0.25) is 0 Å². The Hall–Kier alpha value is -0.780. The lowest BCUT2D eigenvalue weighted by atomic mass is 9.83. The van der Waals surface area contributed by atoms with Crippen LogP contribution in [0.25, 0.3) is 0 Å². The van der Waals surface area contributed by atoms with Crippen molar-refractivity contribution in [2.45, 2.75) is 65.2 Å². The van der Waals surface area contributed by atoms with Crippen LogP contribution in [0.2, 0.25) is 0 Å². The lowest BCUT2D eigenvalue weighted by molar-refractivity contribution is 0.658. The van der Waals surface area contributed by atoms with E-state index in [4.69, 9.17) is 0 Å². The Labute approximate surface area is 100 Å². The highest BCUT2D eigenvalue weighted by atomic mass is 14.2. The normalized spacial score (nSPS) is 17.9. The lowest BCUT2D eigenvalue weighted by Crippen LogP contribution is -2.09. The van der Waals surface area contributed by atoms with Crippen molar-refractivity contribution in [1.82, 2.24) is 0 Å². The minimum absolute atomic E-state index is 1.34. The van der Waals surface area contributed by atoms with Crippen LogP contribution in [0.1, 0.15) is 61.8 Å². The third-order valence-electron chi connectivity index (χ3n) is 3.81. The summed E-state index contributed by atoms with van der Waals surface area (Å²) in [6.45, 7) is 4.00. The Kier molecular flexibility index (Phi) is 4.04. The third-order valence-corrected chi connectivity index (χ3v) is 3.81. The van der Waals surface area contributed by atoms with Gasteiger partial charge in [-0.15, -0.1) is 0 Å². The third kappa shape index (κ3) is 2.31. The second kappa shape index (κ2) is 5.52. The van der Waals surface area contributed by atoms with Crippen LogP contribution >= 0.6 is 0 Å². The van der Waals surface area contributed by atoms with Crippen molar-refractivity contribution >= 4 is 0 Å². The SMILES string of the molecule is CC.c1c2c(cc3c1CCCC3)CCCC2. The molecule has 0 aliphatic heterocycles. The predicted molar refractivity (Wildman–Crippen MR) is 71.1 cm³/mol. The summed E-state index contributed by atoms with van der Waals surface area (Å²) in [5.41, 5.74) is 6.66. The van der Waals surface area contributed by atoms with E-state index in [2.05, 4.69) is 12.1 Å². The summed E-state index contributed by atoms with van der Waals surface area (Å²) >= 11 is 0. The average Bonchev–Trinajstić information content (AvgIpc) is 2.38. The van der Waals surface area contributed by atoms with Gasteiger partial charge in [-0.05, 0) is 73.6 Å². The maximum absolute atomic E-state index is 2.52. The Morgan fingerprint density at radius 2 is 0.812 bits per heavy atom. The number of aryl methyl sites for hydroxylation is 4. The van der Waals surface area contributed by atoms with Gasteiger partial charge in [-0.1, -0.05) is 26.0 Å². The Morgan fingerprint density at radius 3 is 1.06 bits per heavy atom. The van der Waals surface area contributed by atoms with Gasteiger partial charge < -0.3 is 0 Å². The molecule has 0 amide bonds. The molecule has 3 rings (SSSR count). The van der Waals surface area contributed by atoms with Crippen LogP contribution in [0.4, 0.5) is 0 Å². The van der Waals surface area contributed by atoms with Gasteiger partial charge in [0.15, 0.2) is 0 Å². The van der Waals surface area contributed by atoms with Gasteiger partial charge in [-0.2, -0.15) is 0 Å². The summed E-state index contributed by atoms with van der Waals surface area (Å²) < 4.78 is 0. The molecular formula is C16H24. The zero-order chi connectivity index (χ0) is 11.4. The first-order valence-electron chi connectivity index (χ1n) is 7.07. The van der Waals surface area contributed by atoms with Crippen LogP contribution in [0.3, 0.4) is 0 Å². The second-order valence-electron chi connectivity index (χ2n) is 4.80. The average molecular weight is 216 g/mol. The molecule has 0 radical (unpaired) electrons. The van der Waals surface area contributed by atoms with Crippen molar-refractivity contribution in [3.63, 3.8) is 0 Å². The minimum atomic E-state index is 1.34. The fraction of sp³-hybridized carbons (Fsp3) is 0.625. The molecule has 0 heteroatoms. The molecule has 0 heterocycles. The van der Waals surface area contributed by atoms with Gasteiger partial charge in [-0.3, -0.25) is 0 Å². The maximum Gasteiger partial charge on any atom is -0.0276 e. The quantitative estimate of drug-likeness (QED) is 0.600. The molecule has 0 saturated carbocycles. The zero-order valence-electron chi connectivity index (χ0n) is 10.8. The Balaban J connectivity index is 0.000000457. The van der Waals surface area contributed by atoms with Gasteiger partial charge in [-0.25, -0.2) is 0 Å². The van der Waals surface area contributed by atoms with E-state index in [9.17, 15) is 0 Å². The molecule has 0 unspecified atom stereocenters. The van der Waals surface area contributed by atoms with Crippen molar-refractivity contribution in [3.05, 3.63) is 34.4 Å². The molecule has 0 nitrogen and oxygen atoms in total. The van der Waals surface area contributed by atoms with Gasteiger partial charge in [0.25, 0.3) is 0 Å². The van der Waals surface area contributed by atoms with Crippen molar-refractivity contribution < 1.29 is 0 Å². The predicted octanol–water partition coefficient (Wildman–Crippen LogP) is 4.47. The zero-order valence-corrected chi connectivity index (χ0v) is 10.8. The number of benzene rings is 1. The molecule has 0 fully saturated rings. The van der Waals surface area contributed by atoms with E-state index in [-0.39, 0.29) is 0 Å². The van der Waals surface area contributed by atoms with Gasteiger partial charge in [0.05, 0.1) is 0 Å². The lowest BCUT2D eigenvalue weighted by Gasteiger charge is -2.22. The fourth-order valence-electron chi connectivity index (χ4n) is 2.98. The summed E-state index contributed by atoms with van der Waals surface area (Å²) in [4.78, 5) is 0. The smallest absolute Gasteiger partial charge is 0.0276 e. The van der Waals surface area contributed by atoms with Crippen LogP contribution in [-0.2, 0) is 25.7 Å². The molecule has 2 aliphatic rings. The first-order valence-corrected chi connectivity index (χ1v) is 7.07. The van der Waals surface area contributed by atoms with E-state index in [1.54, 1.807) is 22.3 Å². The molecule has 0 bridgehead atoms. The van der Waals surface area contributed by atoms with E-state index in [1.165, 1.54) is 51.4 Å². The molecule has 1 aromatic rings. The summed E-state index contributed by atoms with van der Waals surface area (Å²) in [5, 5.41) is 0. The van der Waals surface area contributed by atoms with Crippen molar-refractivity contribution in [1.29, 1.82) is 0 Å². The van der Waals surface area contributed by atoms with E-state index >= 15 is 0 Å². The monoisotopic (exact) mass is 216 g/mol.